The van der Waals surface area contributed by atoms with E-state index in [1.165, 1.54) is 11.9 Å². The first-order valence-electron chi connectivity index (χ1n) is 12.4. The van der Waals surface area contributed by atoms with Gasteiger partial charge in [-0.2, -0.15) is 0 Å². The molecule has 2 N–H and O–H groups in total. The number of amides is 2. The SMILES string of the molecule is CN(C(=O)O)[C@]1(C(=O)C2CCN(C(=O)C3CCOC(C)(C)C3)CC2)CNC[C@H]1c1ccc(Cl)cc1. The Morgan fingerprint density at radius 3 is 2.37 bits per heavy atom. The van der Waals surface area contributed by atoms with Crippen LogP contribution in [0.2, 0.25) is 5.02 Å². The smallest absolute Gasteiger partial charge is 0.407 e. The summed E-state index contributed by atoms with van der Waals surface area (Å²) >= 11 is 6.07. The zero-order valence-corrected chi connectivity index (χ0v) is 21.5. The molecule has 4 rings (SSSR count). The number of ketones is 1. The average Bonchev–Trinajstić information content (AvgIpc) is 3.28. The number of piperidine rings is 1. The number of hydrogen-bond donors (Lipinski definition) is 2. The fourth-order valence-corrected chi connectivity index (χ4v) is 6.28. The van der Waals surface area contributed by atoms with Crippen LogP contribution >= 0.6 is 11.6 Å². The van der Waals surface area contributed by atoms with Crippen LogP contribution in [0.25, 0.3) is 0 Å². The zero-order valence-electron chi connectivity index (χ0n) is 20.8. The van der Waals surface area contributed by atoms with E-state index in [9.17, 15) is 19.5 Å². The van der Waals surface area contributed by atoms with Crippen molar-refractivity contribution in [2.75, 3.05) is 39.8 Å². The zero-order chi connectivity index (χ0) is 25.4. The number of benzene rings is 1. The summed E-state index contributed by atoms with van der Waals surface area (Å²) in [5.74, 6) is -0.596. The van der Waals surface area contributed by atoms with Crippen molar-refractivity contribution in [1.82, 2.24) is 15.1 Å². The number of carbonyl (C=O) groups excluding carboxylic acids is 2. The summed E-state index contributed by atoms with van der Waals surface area (Å²) in [6.07, 6.45) is 1.38. The Balaban J connectivity index is 1.50. The van der Waals surface area contributed by atoms with E-state index in [2.05, 4.69) is 5.32 Å². The van der Waals surface area contributed by atoms with Gasteiger partial charge in [-0.3, -0.25) is 14.5 Å². The quantitative estimate of drug-likeness (QED) is 0.636. The standard InChI is InChI=1S/C26H36ClN3O5/c1-25(2)14-19(10-13-35-25)23(32)30-11-8-18(9-12-30)22(31)26(29(3)24(33)34)16-28-15-21(26)17-4-6-20(27)7-5-17/h4-7,18-19,21,28H,8-16H2,1-3H3,(H,33,34)/t19?,21-,26+/m0/s1. The molecule has 3 heterocycles. The number of rotatable bonds is 5. The molecule has 8 nitrogen and oxygen atoms in total. The molecule has 1 unspecified atom stereocenters. The molecule has 0 bridgehead atoms. The van der Waals surface area contributed by atoms with Gasteiger partial charge < -0.3 is 20.1 Å². The Morgan fingerprint density at radius 1 is 1.11 bits per heavy atom. The van der Waals surface area contributed by atoms with E-state index in [1.54, 1.807) is 12.1 Å². The number of carbonyl (C=O) groups is 3. The Bertz CT molecular complexity index is 960. The van der Waals surface area contributed by atoms with Crippen molar-refractivity contribution < 1.29 is 24.2 Å². The van der Waals surface area contributed by atoms with Crippen LogP contribution in [-0.4, -0.2) is 83.7 Å². The molecule has 3 aliphatic heterocycles. The number of hydrogen-bond acceptors (Lipinski definition) is 5. The van der Waals surface area contributed by atoms with E-state index in [4.69, 9.17) is 16.3 Å². The van der Waals surface area contributed by atoms with Crippen molar-refractivity contribution >= 4 is 29.4 Å². The molecule has 0 spiro atoms. The third kappa shape index (κ3) is 5.06. The minimum absolute atomic E-state index is 0.0520. The summed E-state index contributed by atoms with van der Waals surface area (Å²) in [7, 11) is 1.49. The highest BCUT2D eigenvalue weighted by Crippen LogP contribution is 2.41. The topological polar surface area (TPSA) is 99.2 Å². The molecule has 1 aromatic rings. The second kappa shape index (κ2) is 10.1. The van der Waals surface area contributed by atoms with Gasteiger partial charge in [-0.1, -0.05) is 23.7 Å². The molecule has 0 radical (unpaired) electrons. The van der Waals surface area contributed by atoms with Crippen molar-refractivity contribution in [1.29, 1.82) is 0 Å². The fraction of sp³-hybridized carbons (Fsp3) is 0.654. The lowest BCUT2D eigenvalue weighted by atomic mass is 9.72. The van der Waals surface area contributed by atoms with Crippen LogP contribution < -0.4 is 5.32 Å². The van der Waals surface area contributed by atoms with Gasteiger partial charge in [-0.15, -0.1) is 0 Å². The van der Waals surface area contributed by atoms with E-state index in [0.29, 0.717) is 50.5 Å². The molecule has 9 heteroatoms. The Hall–Kier alpha value is -2.16. The van der Waals surface area contributed by atoms with Crippen LogP contribution in [0.3, 0.4) is 0 Å². The number of carboxylic acid groups (broad SMARTS) is 1. The minimum atomic E-state index is -1.21. The molecule has 2 amide bonds. The Labute approximate surface area is 211 Å². The van der Waals surface area contributed by atoms with E-state index < -0.39 is 11.6 Å². The number of nitrogens with zero attached hydrogens (tertiary/aromatic N) is 2. The summed E-state index contributed by atoms with van der Waals surface area (Å²) in [6.45, 7) is 6.41. The molecule has 35 heavy (non-hydrogen) atoms. The highest BCUT2D eigenvalue weighted by atomic mass is 35.5. The summed E-state index contributed by atoms with van der Waals surface area (Å²) in [6, 6.07) is 7.28. The number of likely N-dealkylation sites (tertiary alicyclic amines) is 1. The van der Waals surface area contributed by atoms with Gasteiger partial charge in [-0.05, 0) is 57.2 Å². The van der Waals surface area contributed by atoms with Crippen LogP contribution in [-0.2, 0) is 14.3 Å². The Morgan fingerprint density at radius 2 is 1.77 bits per heavy atom. The molecule has 3 atom stereocenters. The molecule has 0 aromatic heterocycles. The van der Waals surface area contributed by atoms with Crippen molar-refractivity contribution in [2.24, 2.45) is 11.8 Å². The second-order valence-electron chi connectivity index (χ2n) is 10.8. The van der Waals surface area contributed by atoms with Gasteiger partial charge in [0.25, 0.3) is 0 Å². The van der Waals surface area contributed by atoms with Gasteiger partial charge >= 0.3 is 6.09 Å². The van der Waals surface area contributed by atoms with Gasteiger partial charge in [0.15, 0.2) is 5.78 Å². The van der Waals surface area contributed by atoms with Crippen molar-refractivity contribution in [3.63, 3.8) is 0 Å². The predicted molar refractivity (Wildman–Crippen MR) is 133 cm³/mol. The summed E-state index contributed by atoms with van der Waals surface area (Å²) in [5.41, 5.74) is -0.621. The maximum Gasteiger partial charge on any atom is 0.407 e. The summed E-state index contributed by atoms with van der Waals surface area (Å²) in [5, 5.41) is 13.8. The van der Waals surface area contributed by atoms with Crippen molar-refractivity contribution in [3.8, 4) is 0 Å². The van der Waals surface area contributed by atoms with Crippen LogP contribution in [0, 0.1) is 11.8 Å². The lowest BCUT2D eigenvalue weighted by Gasteiger charge is -2.44. The third-order valence-corrected chi connectivity index (χ3v) is 8.38. The third-order valence-electron chi connectivity index (χ3n) is 8.13. The van der Waals surface area contributed by atoms with Gasteiger partial charge in [0, 0.05) is 62.6 Å². The molecular weight excluding hydrogens is 470 g/mol. The van der Waals surface area contributed by atoms with Gasteiger partial charge in [0.1, 0.15) is 5.54 Å². The molecular formula is C26H36ClN3O5. The molecule has 0 aliphatic carbocycles. The number of likely N-dealkylation sites (N-methyl/N-ethyl adjacent to an activating group) is 1. The monoisotopic (exact) mass is 505 g/mol. The normalized spacial score (nSPS) is 29.1. The molecule has 0 saturated carbocycles. The molecule has 3 aliphatic rings. The Kier molecular flexibility index (Phi) is 7.46. The highest BCUT2D eigenvalue weighted by molar-refractivity contribution is 6.30. The van der Waals surface area contributed by atoms with E-state index >= 15 is 0 Å². The maximum absolute atomic E-state index is 14.1. The maximum atomic E-state index is 14.1. The largest absolute Gasteiger partial charge is 0.465 e. The molecule has 3 saturated heterocycles. The van der Waals surface area contributed by atoms with Crippen LogP contribution in [0.15, 0.2) is 24.3 Å². The number of halogens is 1. The first kappa shape index (κ1) is 25.9. The second-order valence-corrected chi connectivity index (χ2v) is 11.2. The molecule has 3 fully saturated rings. The lowest BCUT2D eigenvalue weighted by Crippen LogP contribution is -2.62. The predicted octanol–water partition coefficient (Wildman–Crippen LogP) is 3.39. The first-order valence-corrected chi connectivity index (χ1v) is 12.8. The highest BCUT2D eigenvalue weighted by Gasteiger charge is 2.56. The summed E-state index contributed by atoms with van der Waals surface area (Å²) < 4.78 is 5.76. The van der Waals surface area contributed by atoms with E-state index in [1.807, 2.05) is 30.9 Å². The van der Waals surface area contributed by atoms with Crippen LogP contribution in [0.5, 0.6) is 0 Å². The van der Waals surface area contributed by atoms with Crippen LogP contribution in [0.1, 0.15) is 51.0 Å². The fourth-order valence-electron chi connectivity index (χ4n) is 6.15. The van der Waals surface area contributed by atoms with E-state index in [-0.39, 0.29) is 41.6 Å². The number of nitrogens with one attached hydrogen (secondary N) is 1. The summed E-state index contributed by atoms with van der Waals surface area (Å²) in [4.78, 5) is 42.5. The molecule has 192 valence electrons. The molecule has 1 aromatic carbocycles. The van der Waals surface area contributed by atoms with Gasteiger partial charge in [-0.25, -0.2) is 4.79 Å². The van der Waals surface area contributed by atoms with Gasteiger partial charge in [0.2, 0.25) is 5.91 Å². The van der Waals surface area contributed by atoms with Crippen molar-refractivity contribution in [3.05, 3.63) is 34.9 Å². The van der Waals surface area contributed by atoms with Gasteiger partial charge in [0.05, 0.1) is 5.60 Å². The van der Waals surface area contributed by atoms with E-state index in [0.717, 1.165) is 12.0 Å². The number of ether oxygens (including phenoxy) is 1. The average molecular weight is 506 g/mol. The van der Waals surface area contributed by atoms with Crippen molar-refractivity contribution in [2.45, 2.75) is 56.6 Å². The number of Topliss-reactive ketones (excluding diaryl/α,β-unsaturated/α-hetero) is 1. The first-order chi connectivity index (χ1) is 16.5. The minimum Gasteiger partial charge on any atom is -0.465 e. The lowest BCUT2D eigenvalue weighted by molar-refractivity contribution is -0.148. The van der Waals surface area contributed by atoms with Crippen LogP contribution in [0.4, 0.5) is 4.79 Å².